The van der Waals surface area contributed by atoms with Crippen molar-refractivity contribution in [3.8, 4) is 0 Å². The maximum absolute atomic E-state index is 12.9. The van der Waals surface area contributed by atoms with Crippen LogP contribution in [0.15, 0.2) is 42.6 Å². The maximum Gasteiger partial charge on any atom is 0.226 e. The molecule has 1 aliphatic rings. The summed E-state index contributed by atoms with van der Waals surface area (Å²) in [7, 11) is 0. The molecule has 1 aromatic carbocycles. The number of carbonyl (C=O) groups excluding carboxylic acids is 1. The van der Waals surface area contributed by atoms with Crippen LogP contribution in [-0.2, 0) is 11.2 Å². The summed E-state index contributed by atoms with van der Waals surface area (Å²) < 4.78 is 12.9. The highest BCUT2D eigenvalue weighted by atomic mass is 35.5. The number of nitrogens with one attached hydrogen (secondary N) is 1. The molecule has 0 spiro atoms. The van der Waals surface area contributed by atoms with Crippen LogP contribution in [0.3, 0.4) is 0 Å². The molecule has 1 N–H and O–H groups in total. The normalized spacial score (nSPS) is 17.6. The third kappa shape index (κ3) is 4.23. The van der Waals surface area contributed by atoms with Gasteiger partial charge in [-0.05, 0) is 37.1 Å². The molecule has 1 amide bonds. The summed E-state index contributed by atoms with van der Waals surface area (Å²) in [5.41, 5.74) is 1.56. The summed E-state index contributed by atoms with van der Waals surface area (Å²) in [6.07, 6.45) is 3.21. The van der Waals surface area contributed by atoms with Crippen LogP contribution in [0.5, 0.6) is 0 Å². The van der Waals surface area contributed by atoms with E-state index in [0.29, 0.717) is 5.69 Å². The van der Waals surface area contributed by atoms with Gasteiger partial charge in [0, 0.05) is 24.8 Å². The van der Waals surface area contributed by atoms with Gasteiger partial charge in [-0.25, -0.2) is 4.39 Å². The van der Waals surface area contributed by atoms with Crippen LogP contribution in [-0.4, -0.2) is 30.0 Å². The first kappa shape index (κ1) is 16.7. The molecule has 1 aromatic heterocycles. The van der Waals surface area contributed by atoms with Crippen molar-refractivity contribution < 1.29 is 9.18 Å². The number of anilines is 1. The molecule has 0 unspecified atom stereocenters. The molecule has 3 rings (SSSR count). The highest BCUT2D eigenvalue weighted by molar-refractivity contribution is 6.33. The first-order chi connectivity index (χ1) is 11.6. The predicted molar refractivity (Wildman–Crippen MR) is 92.7 cm³/mol. The minimum absolute atomic E-state index is 0.0722. The Bertz CT molecular complexity index is 708. The van der Waals surface area contributed by atoms with E-state index in [2.05, 4.69) is 15.2 Å². The fourth-order valence-electron chi connectivity index (χ4n) is 2.98. The Labute approximate surface area is 145 Å². The number of carbonyl (C=O) groups is 1. The van der Waals surface area contributed by atoms with Crippen LogP contribution in [0.2, 0.25) is 5.02 Å². The van der Waals surface area contributed by atoms with Crippen molar-refractivity contribution in [1.82, 2.24) is 10.3 Å². The van der Waals surface area contributed by atoms with E-state index in [1.54, 1.807) is 0 Å². The van der Waals surface area contributed by atoms with E-state index in [1.807, 2.05) is 24.3 Å². The molecular weight excluding hydrogens is 329 g/mol. The van der Waals surface area contributed by atoms with Gasteiger partial charge in [0.25, 0.3) is 0 Å². The lowest BCUT2D eigenvalue weighted by molar-refractivity contribution is -0.121. The first-order valence-electron chi connectivity index (χ1n) is 8.01. The second-order valence-corrected chi connectivity index (χ2v) is 6.36. The van der Waals surface area contributed by atoms with Gasteiger partial charge in [-0.2, -0.15) is 0 Å². The molecule has 1 fully saturated rings. The molecule has 6 heteroatoms. The van der Waals surface area contributed by atoms with Crippen molar-refractivity contribution >= 4 is 23.2 Å². The highest BCUT2D eigenvalue weighted by Crippen LogP contribution is 2.27. The summed E-state index contributed by atoms with van der Waals surface area (Å²) >= 11 is 6.26. The molecule has 1 aliphatic heterocycles. The van der Waals surface area contributed by atoms with Gasteiger partial charge in [0.2, 0.25) is 5.91 Å². The molecule has 0 radical (unpaired) electrons. The number of nitrogens with zero attached hydrogens (tertiary/aromatic N) is 2. The first-order valence-corrected chi connectivity index (χ1v) is 8.39. The van der Waals surface area contributed by atoms with Crippen molar-refractivity contribution in [2.45, 2.75) is 25.3 Å². The third-order valence-electron chi connectivity index (χ3n) is 4.11. The molecule has 24 heavy (non-hydrogen) atoms. The number of para-hydroxylation sites is 1. The fraction of sp³-hybridized carbons (Fsp3) is 0.333. The monoisotopic (exact) mass is 347 g/mol. The van der Waals surface area contributed by atoms with Gasteiger partial charge < -0.3 is 10.2 Å². The van der Waals surface area contributed by atoms with Crippen LogP contribution in [0.25, 0.3) is 0 Å². The number of halogens is 2. The van der Waals surface area contributed by atoms with E-state index in [4.69, 9.17) is 11.6 Å². The van der Waals surface area contributed by atoms with E-state index < -0.39 is 5.82 Å². The van der Waals surface area contributed by atoms with Gasteiger partial charge in [0.1, 0.15) is 5.82 Å². The van der Waals surface area contributed by atoms with E-state index in [-0.39, 0.29) is 18.4 Å². The van der Waals surface area contributed by atoms with Gasteiger partial charge >= 0.3 is 0 Å². The Morgan fingerprint density at radius 2 is 2.17 bits per heavy atom. The Kier molecular flexibility index (Phi) is 5.30. The molecule has 1 saturated heterocycles. The minimum atomic E-state index is -0.401. The summed E-state index contributed by atoms with van der Waals surface area (Å²) in [6.45, 7) is 1.65. The Morgan fingerprint density at radius 1 is 1.33 bits per heavy atom. The zero-order valence-corrected chi connectivity index (χ0v) is 14.0. The van der Waals surface area contributed by atoms with E-state index in [9.17, 15) is 9.18 Å². The number of rotatable bonds is 4. The number of pyridine rings is 1. The zero-order valence-electron chi connectivity index (χ0n) is 13.2. The summed E-state index contributed by atoms with van der Waals surface area (Å²) in [6, 6.07) is 10.7. The molecule has 2 aromatic rings. The Hall–Kier alpha value is -2.14. The number of hydrogen-bond donors (Lipinski definition) is 1. The summed E-state index contributed by atoms with van der Waals surface area (Å²) in [5.74, 6) is -0.498. The lowest BCUT2D eigenvalue weighted by Gasteiger charge is -2.35. The fourth-order valence-corrected chi connectivity index (χ4v) is 3.23. The standard InChI is InChI=1S/C18H19ClFN3O/c19-16-5-1-2-6-17(16)23-9-3-4-15(12-23)22-18(24)10-14-8-7-13(20)11-21-14/h1-2,5-8,11,15H,3-4,9-10,12H2,(H,22,24)/t15-/m1/s1. The van der Waals surface area contributed by atoms with Crippen molar-refractivity contribution in [1.29, 1.82) is 0 Å². The highest BCUT2D eigenvalue weighted by Gasteiger charge is 2.22. The zero-order chi connectivity index (χ0) is 16.9. The van der Waals surface area contributed by atoms with E-state index >= 15 is 0 Å². The predicted octanol–water partition coefficient (Wildman–Crippen LogP) is 3.20. The number of amides is 1. The largest absolute Gasteiger partial charge is 0.368 e. The van der Waals surface area contributed by atoms with Crippen LogP contribution >= 0.6 is 11.6 Å². The Balaban J connectivity index is 1.58. The van der Waals surface area contributed by atoms with Crippen LogP contribution in [0, 0.1) is 5.82 Å². The number of hydrogen-bond acceptors (Lipinski definition) is 3. The molecule has 0 bridgehead atoms. The molecule has 126 valence electrons. The van der Waals surface area contributed by atoms with Crippen LogP contribution in [0.1, 0.15) is 18.5 Å². The lowest BCUT2D eigenvalue weighted by atomic mass is 10.0. The average molecular weight is 348 g/mol. The number of benzene rings is 1. The van der Waals surface area contributed by atoms with Crippen LogP contribution in [0.4, 0.5) is 10.1 Å². The molecule has 4 nitrogen and oxygen atoms in total. The molecular formula is C18H19ClFN3O. The quantitative estimate of drug-likeness (QED) is 0.923. The molecule has 2 heterocycles. The average Bonchev–Trinajstić information content (AvgIpc) is 2.57. The van der Waals surface area contributed by atoms with Crippen molar-refractivity contribution in [3.05, 3.63) is 59.1 Å². The number of piperidine rings is 1. The molecule has 0 saturated carbocycles. The van der Waals surface area contributed by atoms with Gasteiger partial charge in [-0.1, -0.05) is 23.7 Å². The second-order valence-electron chi connectivity index (χ2n) is 5.95. The smallest absolute Gasteiger partial charge is 0.226 e. The molecule has 0 aliphatic carbocycles. The summed E-state index contributed by atoms with van der Waals surface area (Å²) in [5, 5.41) is 3.77. The van der Waals surface area contributed by atoms with Gasteiger partial charge in [0.05, 0.1) is 23.3 Å². The van der Waals surface area contributed by atoms with E-state index in [0.717, 1.165) is 42.8 Å². The second kappa shape index (κ2) is 7.62. The summed E-state index contributed by atoms with van der Waals surface area (Å²) in [4.78, 5) is 18.3. The topological polar surface area (TPSA) is 45.2 Å². The van der Waals surface area contributed by atoms with Crippen molar-refractivity contribution in [3.63, 3.8) is 0 Å². The lowest BCUT2D eigenvalue weighted by Crippen LogP contribution is -2.48. The van der Waals surface area contributed by atoms with E-state index in [1.165, 1.54) is 12.1 Å². The number of aromatic nitrogens is 1. The SMILES string of the molecule is O=C(Cc1ccc(F)cn1)N[C@@H]1CCCN(c2ccccc2Cl)C1. The molecule has 1 atom stereocenters. The van der Waals surface area contributed by atoms with Crippen molar-refractivity contribution in [2.75, 3.05) is 18.0 Å². The van der Waals surface area contributed by atoms with Gasteiger partial charge in [0.15, 0.2) is 0 Å². The van der Waals surface area contributed by atoms with Crippen molar-refractivity contribution in [2.24, 2.45) is 0 Å². The Morgan fingerprint density at radius 3 is 2.92 bits per heavy atom. The maximum atomic E-state index is 12.9. The van der Waals surface area contributed by atoms with Gasteiger partial charge in [-0.15, -0.1) is 0 Å². The van der Waals surface area contributed by atoms with Crippen LogP contribution < -0.4 is 10.2 Å². The third-order valence-corrected chi connectivity index (χ3v) is 4.43. The van der Waals surface area contributed by atoms with Gasteiger partial charge in [-0.3, -0.25) is 9.78 Å². The minimum Gasteiger partial charge on any atom is -0.368 e.